The fourth-order valence-electron chi connectivity index (χ4n) is 15.1. The van der Waals surface area contributed by atoms with Gasteiger partial charge in [-0.15, -0.1) is 15.3 Å². The largest absolute Gasteiger partial charge is 0.388 e. The summed E-state index contributed by atoms with van der Waals surface area (Å²) in [4.78, 5) is 47.6. The highest BCUT2D eigenvalue weighted by atomic mass is 16.8. The van der Waals surface area contributed by atoms with Crippen LogP contribution in [0.4, 0.5) is 0 Å². The minimum Gasteiger partial charge on any atom is -0.388 e. The molecule has 4 amide bonds. The summed E-state index contributed by atoms with van der Waals surface area (Å²) in [6.45, 7) is 12.2. The van der Waals surface area contributed by atoms with Gasteiger partial charge in [0.1, 0.15) is 94.9 Å². The molecule has 10 rings (SSSR count). The number of aliphatic hydroxyl groups is 7. The number of carbonyl (C=O) groups is 4. The lowest BCUT2D eigenvalue weighted by molar-refractivity contribution is -0.238. The molecule has 1 aromatic carbocycles. The van der Waals surface area contributed by atoms with Crippen molar-refractivity contribution in [3.8, 4) is 0 Å². The summed E-state index contributed by atoms with van der Waals surface area (Å²) in [5.41, 5.74) is -2.36. The van der Waals surface area contributed by atoms with Crippen molar-refractivity contribution in [2.24, 2.45) is 0 Å². The second-order valence-electron chi connectivity index (χ2n) is 32.6. The summed E-state index contributed by atoms with van der Waals surface area (Å²) in [5, 5.41) is 116. The number of benzene rings is 1. The van der Waals surface area contributed by atoms with Crippen LogP contribution < -0.4 is 26.6 Å². The zero-order valence-corrected chi connectivity index (χ0v) is 74.6. The lowest BCUT2D eigenvalue weighted by Gasteiger charge is -2.42. The van der Waals surface area contributed by atoms with E-state index in [1.807, 2.05) is 30.3 Å². The van der Waals surface area contributed by atoms with Crippen molar-refractivity contribution in [3.05, 3.63) is 71.6 Å². The molecule has 47 heteroatoms. The fourth-order valence-corrected chi connectivity index (χ4v) is 15.1. The highest BCUT2D eigenvalue weighted by Crippen LogP contribution is 2.40. The average Bonchev–Trinajstić information content (AvgIpc) is 1.31. The number of carbonyl (C=O) groups excluding carboxylic acids is 4. The van der Waals surface area contributed by atoms with E-state index in [2.05, 4.69) is 57.5 Å². The first kappa shape index (κ1) is 105. The Morgan fingerprint density at radius 1 is 0.415 bits per heavy atom. The average molecular weight is 1860 g/mol. The van der Waals surface area contributed by atoms with Crippen LogP contribution in [-0.2, 0) is 169 Å². The summed E-state index contributed by atoms with van der Waals surface area (Å²) >= 11 is 0. The van der Waals surface area contributed by atoms with Gasteiger partial charge in [-0.05, 0) is 37.7 Å². The Bertz CT molecular complexity index is 3510. The molecule has 0 saturated carbocycles. The SMILES string of the molecule is CC(=O)N[C@H]1[C@H]2OC[C@](COCCOCCOCCOCCn3cc(COCC(COCc4cn(CCOCCOCCOCCOC[C@@]56CO[C@@H](O5)[C@H](NC(C)=O)[C@@H](O)[C@H]6O)nn4)(COCc4cn(CCOCCOCCOCCOC[C@@]56CO[C@@H](O5)[C@H](NC(C)=O)[C@@H](O)[C@H]6O)nn4)NC(O)CCCCCNC(=O)CCCCCOCc4ccccc4)nn3)(O2)[C@H](O)[C@@H]1O. The molecule has 6 saturated heterocycles. The van der Waals surface area contributed by atoms with E-state index in [4.69, 9.17) is 104 Å². The van der Waals surface area contributed by atoms with Crippen LogP contribution >= 0.6 is 0 Å². The van der Waals surface area contributed by atoms with Crippen LogP contribution in [0.25, 0.3) is 0 Å². The van der Waals surface area contributed by atoms with Crippen molar-refractivity contribution < 1.29 is 159 Å². The molecule has 130 heavy (non-hydrogen) atoms. The van der Waals surface area contributed by atoms with E-state index in [1.54, 1.807) is 32.6 Å². The van der Waals surface area contributed by atoms with Crippen LogP contribution in [0.5, 0.6) is 0 Å². The number of unbranched alkanes of at least 4 members (excludes halogenated alkanes) is 4. The molecule has 0 spiro atoms. The zero-order chi connectivity index (χ0) is 92.1. The van der Waals surface area contributed by atoms with Crippen molar-refractivity contribution in [1.29, 1.82) is 0 Å². The fraction of sp³-hybridized carbons (Fsp3) is 0.807. The van der Waals surface area contributed by atoms with Gasteiger partial charge in [-0.3, -0.25) is 24.5 Å². The first-order valence-electron chi connectivity index (χ1n) is 44.6. The smallest absolute Gasteiger partial charge is 0.219 e. The van der Waals surface area contributed by atoms with Gasteiger partial charge in [0.05, 0.1) is 268 Å². The third kappa shape index (κ3) is 35.2. The maximum absolute atomic E-state index is 12.8. The van der Waals surface area contributed by atoms with Crippen molar-refractivity contribution in [2.45, 2.75) is 220 Å². The number of amides is 4. The van der Waals surface area contributed by atoms with Crippen molar-refractivity contribution in [3.63, 3.8) is 0 Å². The molecule has 9 heterocycles. The van der Waals surface area contributed by atoms with E-state index in [1.165, 1.54) is 20.8 Å². The summed E-state index contributed by atoms with van der Waals surface area (Å²) in [5.74, 6) is -1.18. The van der Waals surface area contributed by atoms with Crippen LogP contribution in [0.1, 0.15) is 94.8 Å². The summed E-state index contributed by atoms with van der Waals surface area (Å²) in [6, 6.07) is 7.27. The maximum Gasteiger partial charge on any atom is 0.219 e. The number of hydrogen-bond acceptors (Lipinski definition) is 40. The van der Waals surface area contributed by atoms with Gasteiger partial charge in [0.2, 0.25) is 23.6 Å². The van der Waals surface area contributed by atoms with Crippen LogP contribution in [0, 0.1) is 0 Å². The molecule has 47 nitrogen and oxygen atoms in total. The first-order chi connectivity index (χ1) is 63.2. The summed E-state index contributed by atoms with van der Waals surface area (Å²) < 4.78 is 133. The monoisotopic (exact) mass is 1860 g/mol. The van der Waals surface area contributed by atoms with E-state index >= 15 is 0 Å². The molecule has 6 fully saturated rings. The third-order valence-electron chi connectivity index (χ3n) is 21.9. The highest BCUT2D eigenvalue weighted by Gasteiger charge is 2.62. The quantitative estimate of drug-likeness (QED) is 0.0147. The van der Waals surface area contributed by atoms with Crippen LogP contribution in [0.15, 0.2) is 48.9 Å². The highest BCUT2D eigenvalue weighted by molar-refractivity contribution is 5.76. The molecule has 736 valence electrons. The van der Waals surface area contributed by atoms with Gasteiger partial charge >= 0.3 is 0 Å². The molecular weight excluding hydrogens is 1720 g/mol. The van der Waals surface area contributed by atoms with Gasteiger partial charge in [-0.25, -0.2) is 14.0 Å². The molecule has 6 bridgehead atoms. The van der Waals surface area contributed by atoms with Gasteiger partial charge in [-0.2, -0.15) is 0 Å². The number of ether oxygens (including phenoxy) is 22. The molecule has 1 unspecified atom stereocenters. The number of aliphatic hydroxyl groups excluding tert-OH is 7. The molecular formula is C83H136N14O33. The van der Waals surface area contributed by atoms with Gasteiger partial charge < -0.3 is 161 Å². The minimum absolute atomic E-state index is 0.00415. The van der Waals surface area contributed by atoms with Crippen molar-refractivity contribution in [1.82, 2.24) is 71.6 Å². The van der Waals surface area contributed by atoms with Gasteiger partial charge in [-0.1, -0.05) is 58.8 Å². The molecule has 4 aromatic rings. The second kappa shape index (κ2) is 57.3. The first-order valence-corrected chi connectivity index (χ1v) is 44.6. The standard InChI is InChI=1S/C83H136N14O33/c1-59(98)85-68-71(103)74(106)81(56-125-77(68)128-81)53-119-40-37-115-34-31-112-28-25-109-22-18-95-43-63(89-92-95)47-122-50-80(88-67(102)16-9-5-11-17-84-66(101)15-10-6-12-21-118-46-62-13-7-4-8-14-62,51-123-48-64-44-96(93-90-64)19-23-110-26-29-113-32-35-116-38-41-120-54-82-57-126-78(129-82)69(86-60(2)99)72(104)75(82)107)52-124-49-65-45-97(94-91-65)20-24-111-27-30-114-33-36-117-39-42-121-55-83-58-127-79(130-83)70(87-61(3)100)73(105)76(83)108/h4,7-8,13-14,43-45,67-79,88,102-108H,5-6,9-12,15-42,46-58H2,1-3H3,(H,84,101)(H,85,98)(H,86,99)(H,87,100)/t67?,68-,69-,70-,71-,72-,73-,74-,75-,76-,77+,78+,79+,81+,82+,83+/m1/s1. The molecule has 16 atom stereocenters. The summed E-state index contributed by atoms with van der Waals surface area (Å²) in [7, 11) is 0. The normalized spacial score (nSPS) is 25.4. The lowest BCUT2D eigenvalue weighted by atomic mass is 9.88. The Morgan fingerprint density at radius 2 is 0.754 bits per heavy atom. The van der Waals surface area contributed by atoms with Gasteiger partial charge in [0, 0.05) is 40.3 Å². The molecule has 6 aliphatic heterocycles. The topological polar surface area (TPSA) is 565 Å². The predicted octanol–water partition coefficient (Wildman–Crippen LogP) is -4.23. The third-order valence-corrected chi connectivity index (χ3v) is 21.9. The van der Waals surface area contributed by atoms with Gasteiger partial charge in [0.15, 0.2) is 18.9 Å². The number of hydrogen-bond donors (Lipinski definition) is 12. The number of nitrogens with zero attached hydrogens (tertiary/aromatic N) is 9. The number of nitrogens with one attached hydrogen (secondary N) is 5. The van der Waals surface area contributed by atoms with E-state index in [-0.39, 0.29) is 125 Å². The second-order valence-corrected chi connectivity index (χ2v) is 32.6. The predicted molar refractivity (Wildman–Crippen MR) is 446 cm³/mol. The molecule has 3 aromatic heterocycles. The zero-order valence-electron chi connectivity index (χ0n) is 74.6. The van der Waals surface area contributed by atoms with Crippen LogP contribution in [0.3, 0.4) is 0 Å². The Labute approximate surface area is 754 Å². The van der Waals surface area contributed by atoms with Crippen molar-refractivity contribution in [2.75, 3.05) is 211 Å². The Hall–Kier alpha value is -6.68. The van der Waals surface area contributed by atoms with Crippen molar-refractivity contribution >= 4 is 23.6 Å². The Morgan fingerprint density at radius 3 is 1.11 bits per heavy atom. The molecule has 0 radical (unpaired) electrons. The maximum atomic E-state index is 12.8. The Kier molecular flexibility index (Phi) is 46.4. The van der Waals surface area contributed by atoms with E-state index < -0.39 is 120 Å². The van der Waals surface area contributed by atoms with E-state index in [0.29, 0.717) is 181 Å². The lowest BCUT2D eigenvalue weighted by Crippen LogP contribution is -2.66. The minimum atomic E-state index is -1.35. The van der Waals surface area contributed by atoms with E-state index in [9.17, 15) is 54.9 Å². The van der Waals surface area contributed by atoms with Crippen LogP contribution in [0.2, 0.25) is 0 Å². The summed E-state index contributed by atoms with van der Waals surface area (Å²) in [6.07, 6.45) is -1.21. The number of fused-ring (bicyclic) bond motifs is 6. The molecule has 0 aliphatic carbocycles. The van der Waals surface area contributed by atoms with Gasteiger partial charge in [0.25, 0.3) is 0 Å². The number of aromatic nitrogens is 9. The Balaban J connectivity index is 0.651. The molecule has 6 aliphatic rings. The van der Waals surface area contributed by atoms with E-state index in [0.717, 1.165) is 31.2 Å². The number of rotatable bonds is 73. The van der Waals surface area contributed by atoms with Crippen LogP contribution in [-0.4, -0.2) is 418 Å². The molecule has 12 N–H and O–H groups in total.